The summed E-state index contributed by atoms with van der Waals surface area (Å²) in [6.07, 6.45) is 3.97. The number of nitrogens with zero attached hydrogens (tertiary/aromatic N) is 1. The molecule has 0 rings (SSSR count). The summed E-state index contributed by atoms with van der Waals surface area (Å²) in [6, 6.07) is 0. The van der Waals surface area contributed by atoms with Crippen LogP contribution >= 0.6 is 0 Å². The predicted molar refractivity (Wildman–Crippen MR) is 76.5 cm³/mol. The topological polar surface area (TPSA) is 56.8 Å². The van der Waals surface area contributed by atoms with E-state index in [1.54, 1.807) is 12.4 Å². The summed E-state index contributed by atoms with van der Waals surface area (Å²) in [5, 5.41) is 0. The maximum absolute atomic E-state index is 5.64. The molecule has 1 unspecified atom stereocenters. The third-order valence-electron chi connectivity index (χ3n) is 2.50. The average molecular weight is 254 g/mol. The molecule has 0 saturated heterocycles. The van der Waals surface area contributed by atoms with Crippen LogP contribution in [0.5, 0.6) is 0 Å². The normalized spacial score (nSPS) is 15.7. The lowest BCUT2D eigenvalue weighted by molar-refractivity contribution is 0.0835. The summed E-state index contributed by atoms with van der Waals surface area (Å²) < 4.78 is 10.9. The van der Waals surface area contributed by atoms with Crippen molar-refractivity contribution in [1.82, 2.24) is 0 Å². The molecule has 0 aromatic rings. The Kier molecular flexibility index (Phi) is 9.01. The van der Waals surface area contributed by atoms with Crippen molar-refractivity contribution in [2.45, 2.75) is 47.3 Å². The van der Waals surface area contributed by atoms with E-state index in [0.717, 1.165) is 23.3 Å². The van der Waals surface area contributed by atoms with Gasteiger partial charge in [0, 0.05) is 31.0 Å². The second-order valence-electron chi connectivity index (χ2n) is 3.79. The van der Waals surface area contributed by atoms with Crippen LogP contribution in [0.2, 0.25) is 0 Å². The van der Waals surface area contributed by atoms with E-state index in [1.165, 1.54) is 0 Å². The Labute approximate surface area is 111 Å². The van der Waals surface area contributed by atoms with E-state index in [4.69, 9.17) is 15.2 Å². The van der Waals surface area contributed by atoms with Crippen LogP contribution in [0.15, 0.2) is 28.1 Å². The monoisotopic (exact) mass is 254 g/mol. The second-order valence-corrected chi connectivity index (χ2v) is 3.79. The highest BCUT2D eigenvalue weighted by atomic mass is 16.5. The fraction of sp³-hybridized carbons (Fsp3) is 0.643. The zero-order chi connectivity index (χ0) is 14.0. The van der Waals surface area contributed by atoms with Crippen LogP contribution in [0, 0.1) is 0 Å². The first-order valence-corrected chi connectivity index (χ1v) is 6.50. The van der Waals surface area contributed by atoms with Gasteiger partial charge in [0.05, 0.1) is 12.4 Å². The lowest BCUT2D eigenvalue weighted by atomic mass is 10.1. The molecular formula is C14H26N2O2. The Hall–Kier alpha value is -1.29. The molecule has 0 radical (unpaired) electrons. The van der Waals surface area contributed by atoms with Gasteiger partial charge >= 0.3 is 0 Å². The van der Waals surface area contributed by atoms with E-state index in [0.29, 0.717) is 13.2 Å². The van der Waals surface area contributed by atoms with Gasteiger partial charge in [0.1, 0.15) is 6.23 Å². The molecule has 0 aliphatic carbocycles. The third-order valence-corrected chi connectivity index (χ3v) is 2.50. The minimum Gasteiger partial charge on any atom is -0.498 e. The van der Waals surface area contributed by atoms with Gasteiger partial charge < -0.3 is 15.2 Å². The van der Waals surface area contributed by atoms with E-state index >= 15 is 0 Å². The molecule has 0 heterocycles. The molecule has 0 bridgehead atoms. The largest absolute Gasteiger partial charge is 0.498 e. The molecule has 0 aromatic carbocycles. The van der Waals surface area contributed by atoms with Crippen LogP contribution < -0.4 is 5.73 Å². The first-order chi connectivity index (χ1) is 8.60. The Bertz CT molecular complexity index is 320. The van der Waals surface area contributed by atoms with Crippen molar-refractivity contribution in [1.29, 1.82) is 0 Å². The maximum atomic E-state index is 5.64. The summed E-state index contributed by atoms with van der Waals surface area (Å²) in [7, 11) is 0. The van der Waals surface area contributed by atoms with Crippen molar-refractivity contribution in [3.63, 3.8) is 0 Å². The minimum atomic E-state index is -0.157. The summed E-state index contributed by atoms with van der Waals surface area (Å²) in [4.78, 5) is 4.30. The van der Waals surface area contributed by atoms with Crippen molar-refractivity contribution >= 4 is 6.21 Å². The first kappa shape index (κ1) is 16.7. The van der Waals surface area contributed by atoms with Gasteiger partial charge in [0.25, 0.3) is 0 Å². The van der Waals surface area contributed by atoms with Crippen LogP contribution in [-0.2, 0) is 9.47 Å². The van der Waals surface area contributed by atoms with E-state index in [9.17, 15) is 0 Å². The molecule has 0 aliphatic heterocycles. The predicted octanol–water partition coefficient (Wildman–Crippen LogP) is 3.00. The smallest absolute Gasteiger partial charge is 0.145 e. The highest BCUT2D eigenvalue weighted by Crippen LogP contribution is 2.16. The molecule has 4 nitrogen and oxygen atoms in total. The third kappa shape index (κ3) is 5.87. The van der Waals surface area contributed by atoms with E-state index in [1.807, 2.05) is 27.7 Å². The van der Waals surface area contributed by atoms with Gasteiger partial charge in [-0.05, 0) is 33.3 Å². The standard InChI is InChI=1S/C14H26N2O2/c1-6-14(18-8-3)11(4)13(9-15)10-16-12(5)17-7-2/h9-10,12H,6-8,15H2,1-5H3/b13-9+,14-11-,16-10+. The molecule has 0 fully saturated rings. The number of hydrogen-bond acceptors (Lipinski definition) is 4. The maximum Gasteiger partial charge on any atom is 0.145 e. The molecule has 1 atom stereocenters. The summed E-state index contributed by atoms with van der Waals surface area (Å²) in [5.74, 6) is 0.949. The van der Waals surface area contributed by atoms with E-state index in [2.05, 4.69) is 11.9 Å². The van der Waals surface area contributed by atoms with Crippen molar-refractivity contribution < 1.29 is 9.47 Å². The average Bonchev–Trinajstić information content (AvgIpc) is 2.36. The molecule has 4 heteroatoms. The van der Waals surface area contributed by atoms with Crippen LogP contribution in [0.25, 0.3) is 0 Å². The highest BCUT2D eigenvalue weighted by Gasteiger charge is 2.06. The van der Waals surface area contributed by atoms with Gasteiger partial charge in [-0.2, -0.15) is 0 Å². The molecule has 2 N–H and O–H groups in total. The van der Waals surface area contributed by atoms with Gasteiger partial charge in [0.15, 0.2) is 0 Å². The number of aliphatic imine (C=N–C) groups is 1. The summed E-state index contributed by atoms with van der Waals surface area (Å²) in [6.45, 7) is 11.2. The Morgan fingerprint density at radius 1 is 1.28 bits per heavy atom. The quantitative estimate of drug-likeness (QED) is 0.411. The SMILES string of the molecule is CCO\C(CC)=C(C)/C(=C/N)/C=N/C(C)OCC. The lowest BCUT2D eigenvalue weighted by Gasteiger charge is -2.12. The zero-order valence-electron chi connectivity index (χ0n) is 12.2. The highest BCUT2D eigenvalue weighted by molar-refractivity contribution is 5.84. The van der Waals surface area contributed by atoms with E-state index in [-0.39, 0.29) is 6.23 Å². The van der Waals surface area contributed by atoms with Gasteiger partial charge in [-0.3, -0.25) is 4.99 Å². The molecule has 0 spiro atoms. The van der Waals surface area contributed by atoms with Crippen molar-refractivity contribution in [3.05, 3.63) is 23.1 Å². The number of ether oxygens (including phenoxy) is 2. The van der Waals surface area contributed by atoms with E-state index < -0.39 is 0 Å². The fourth-order valence-corrected chi connectivity index (χ4v) is 1.55. The molecule has 104 valence electrons. The van der Waals surface area contributed by atoms with Gasteiger partial charge in [-0.25, -0.2) is 0 Å². The molecule has 0 aromatic heterocycles. The number of allylic oxidation sites excluding steroid dienone is 3. The van der Waals surface area contributed by atoms with Crippen LogP contribution in [-0.4, -0.2) is 25.7 Å². The Morgan fingerprint density at radius 2 is 1.94 bits per heavy atom. The lowest BCUT2D eigenvalue weighted by Crippen LogP contribution is -2.06. The Morgan fingerprint density at radius 3 is 2.39 bits per heavy atom. The van der Waals surface area contributed by atoms with Crippen molar-refractivity contribution in [2.75, 3.05) is 13.2 Å². The first-order valence-electron chi connectivity index (χ1n) is 6.50. The molecule has 0 amide bonds. The minimum absolute atomic E-state index is 0.157. The molecule has 0 aliphatic rings. The number of nitrogens with two attached hydrogens (primary N) is 1. The summed E-state index contributed by atoms with van der Waals surface area (Å²) >= 11 is 0. The van der Waals surface area contributed by atoms with Crippen LogP contribution in [0.4, 0.5) is 0 Å². The van der Waals surface area contributed by atoms with Crippen LogP contribution in [0.1, 0.15) is 41.0 Å². The Balaban J connectivity index is 4.88. The van der Waals surface area contributed by atoms with Gasteiger partial charge in [-0.15, -0.1) is 0 Å². The molecular weight excluding hydrogens is 228 g/mol. The van der Waals surface area contributed by atoms with Gasteiger partial charge in [0.2, 0.25) is 0 Å². The van der Waals surface area contributed by atoms with Crippen molar-refractivity contribution in [3.8, 4) is 0 Å². The molecule has 18 heavy (non-hydrogen) atoms. The zero-order valence-corrected chi connectivity index (χ0v) is 12.2. The van der Waals surface area contributed by atoms with Crippen molar-refractivity contribution in [2.24, 2.45) is 10.7 Å². The van der Waals surface area contributed by atoms with Gasteiger partial charge in [-0.1, -0.05) is 6.92 Å². The number of hydrogen-bond donors (Lipinski definition) is 1. The van der Waals surface area contributed by atoms with Crippen LogP contribution in [0.3, 0.4) is 0 Å². The fourth-order valence-electron chi connectivity index (χ4n) is 1.55. The molecule has 0 saturated carbocycles. The number of rotatable bonds is 8. The summed E-state index contributed by atoms with van der Waals surface area (Å²) in [5.41, 5.74) is 7.53. The second kappa shape index (κ2) is 9.71.